The van der Waals surface area contributed by atoms with Gasteiger partial charge in [0.2, 0.25) is 5.95 Å². The SMILES string of the molecule is COc1cc(-c2cncn2C)ccc1Nc1nccc(-c2cnc3c(c2)C(C)(CO)CN3)n1. The number of nitrogens with one attached hydrogen (secondary N) is 2. The average Bonchev–Trinajstić information content (AvgIpc) is 3.43. The lowest BCUT2D eigenvalue weighted by Crippen LogP contribution is -2.28. The maximum atomic E-state index is 9.87. The smallest absolute Gasteiger partial charge is 0.227 e. The maximum Gasteiger partial charge on any atom is 0.227 e. The minimum atomic E-state index is -0.366. The lowest BCUT2D eigenvalue weighted by molar-refractivity contribution is 0.218. The number of aliphatic hydroxyl groups excluding tert-OH is 1. The highest BCUT2D eigenvalue weighted by Crippen LogP contribution is 2.37. The lowest BCUT2D eigenvalue weighted by Gasteiger charge is -2.20. The number of pyridine rings is 1. The van der Waals surface area contributed by atoms with Gasteiger partial charge in [0.25, 0.3) is 0 Å². The number of aliphatic hydroxyl groups is 1. The molecule has 0 saturated carbocycles. The molecule has 0 fully saturated rings. The highest BCUT2D eigenvalue weighted by Gasteiger charge is 2.35. The molecule has 9 heteroatoms. The van der Waals surface area contributed by atoms with Gasteiger partial charge in [-0.2, -0.15) is 0 Å². The van der Waals surface area contributed by atoms with Crippen LogP contribution in [0.1, 0.15) is 12.5 Å². The molecule has 0 spiro atoms. The predicted molar refractivity (Wildman–Crippen MR) is 127 cm³/mol. The summed E-state index contributed by atoms with van der Waals surface area (Å²) in [6, 6.07) is 9.77. The molecule has 1 aliphatic rings. The molecule has 1 unspecified atom stereocenters. The van der Waals surface area contributed by atoms with E-state index < -0.39 is 0 Å². The summed E-state index contributed by atoms with van der Waals surface area (Å²) in [5.41, 5.74) is 4.97. The summed E-state index contributed by atoms with van der Waals surface area (Å²) in [6.45, 7) is 2.72. The summed E-state index contributed by atoms with van der Waals surface area (Å²) in [5.74, 6) is 1.93. The van der Waals surface area contributed by atoms with Crippen LogP contribution in [-0.2, 0) is 12.5 Å². The van der Waals surface area contributed by atoms with Gasteiger partial charge >= 0.3 is 0 Å². The number of ether oxygens (including phenoxy) is 1. The molecule has 0 bridgehead atoms. The Morgan fingerprint density at radius 3 is 2.82 bits per heavy atom. The molecule has 168 valence electrons. The molecule has 1 aliphatic heterocycles. The number of aromatic nitrogens is 5. The van der Waals surface area contributed by atoms with E-state index in [-0.39, 0.29) is 12.0 Å². The van der Waals surface area contributed by atoms with Crippen LogP contribution in [0.4, 0.5) is 17.5 Å². The van der Waals surface area contributed by atoms with E-state index in [1.807, 2.05) is 55.1 Å². The highest BCUT2D eigenvalue weighted by atomic mass is 16.5. The number of imidazole rings is 1. The van der Waals surface area contributed by atoms with Crippen LogP contribution in [-0.4, -0.2) is 49.9 Å². The fourth-order valence-corrected chi connectivity index (χ4v) is 4.01. The molecule has 1 atom stereocenters. The average molecular weight is 444 g/mol. The number of rotatable bonds is 6. The molecule has 5 rings (SSSR count). The van der Waals surface area contributed by atoms with Crippen LogP contribution in [0.15, 0.2) is 55.2 Å². The number of nitrogens with zero attached hydrogens (tertiary/aromatic N) is 5. The molecule has 3 N–H and O–H groups in total. The molecule has 4 heterocycles. The van der Waals surface area contributed by atoms with Crippen LogP contribution < -0.4 is 15.4 Å². The van der Waals surface area contributed by atoms with Gasteiger partial charge in [-0.05, 0) is 24.3 Å². The van der Waals surface area contributed by atoms with Crippen LogP contribution in [0.3, 0.4) is 0 Å². The summed E-state index contributed by atoms with van der Waals surface area (Å²) in [5, 5.41) is 16.4. The van der Waals surface area contributed by atoms with E-state index >= 15 is 0 Å². The van der Waals surface area contributed by atoms with Crippen molar-refractivity contribution in [2.45, 2.75) is 12.3 Å². The van der Waals surface area contributed by atoms with Crippen molar-refractivity contribution in [3.05, 3.63) is 60.8 Å². The maximum absolute atomic E-state index is 9.87. The molecule has 9 nitrogen and oxygen atoms in total. The first-order valence-corrected chi connectivity index (χ1v) is 10.6. The Balaban J connectivity index is 1.44. The molecule has 0 radical (unpaired) electrons. The first-order valence-electron chi connectivity index (χ1n) is 10.6. The second kappa shape index (κ2) is 8.18. The van der Waals surface area contributed by atoms with Crippen LogP contribution in [0, 0.1) is 0 Å². The molecule has 1 aromatic carbocycles. The second-order valence-electron chi connectivity index (χ2n) is 8.39. The third-order valence-corrected chi connectivity index (χ3v) is 6.04. The predicted octanol–water partition coefficient (Wildman–Crippen LogP) is 3.37. The van der Waals surface area contributed by atoms with Crippen molar-refractivity contribution in [2.24, 2.45) is 7.05 Å². The summed E-state index contributed by atoms with van der Waals surface area (Å²) in [6.07, 6.45) is 7.07. The van der Waals surface area contributed by atoms with Gasteiger partial charge in [-0.1, -0.05) is 13.0 Å². The van der Waals surface area contributed by atoms with Crippen molar-refractivity contribution in [3.8, 4) is 28.3 Å². The molecule has 0 aliphatic carbocycles. The minimum absolute atomic E-state index is 0.0450. The van der Waals surface area contributed by atoms with Crippen LogP contribution in [0.5, 0.6) is 5.75 Å². The van der Waals surface area contributed by atoms with E-state index in [1.54, 1.807) is 25.8 Å². The normalized spacial score (nSPS) is 16.8. The van der Waals surface area contributed by atoms with Crippen molar-refractivity contribution >= 4 is 17.5 Å². The van der Waals surface area contributed by atoms with Crippen molar-refractivity contribution in [1.29, 1.82) is 0 Å². The first-order chi connectivity index (χ1) is 16.0. The quantitative estimate of drug-likeness (QED) is 0.416. The Morgan fingerprint density at radius 2 is 2.06 bits per heavy atom. The van der Waals surface area contributed by atoms with Gasteiger partial charge in [0.1, 0.15) is 11.6 Å². The number of aryl methyl sites for hydroxylation is 1. The van der Waals surface area contributed by atoms with E-state index in [0.29, 0.717) is 18.2 Å². The number of hydrogen-bond acceptors (Lipinski definition) is 8. The van der Waals surface area contributed by atoms with E-state index in [1.165, 1.54) is 0 Å². The Morgan fingerprint density at radius 1 is 1.18 bits per heavy atom. The van der Waals surface area contributed by atoms with Gasteiger partial charge < -0.3 is 25.0 Å². The first kappa shape index (κ1) is 20.9. The molecule has 4 aromatic rings. The van der Waals surface area contributed by atoms with Gasteiger partial charge in [0.05, 0.1) is 43.3 Å². The van der Waals surface area contributed by atoms with Gasteiger partial charge in [0, 0.05) is 48.1 Å². The van der Waals surface area contributed by atoms with E-state index in [2.05, 4.69) is 30.6 Å². The van der Waals surface area contributed by atoms with E-state index in [9.17, 15) is 5.11 Å². The van der Waals surface area contributed by atoms with Crippen molar-refractivity contribution < 1.29 is 9.84 Å². The van der Waals surface area contributed by atoms with Gasteiger partial charge in [-0.3, -0.25) is 0 Å². The molecule has 3 aromatic heterocycles. The number of fused-ring (bicyclic) bond motifs is 1. The minimum Gasteiger partial charge on any atom is -0.495 e. The Hall–Kier alpha value is -3.98. The topological polar surface area (TPSA) is 110 Å². The van der Waals surface area contributed by atoms with Crippen molar-refractivity contribution in [2.75, 3.05) is 30.9 Å². The number of hydrogen-bond donors (Lipinski definition) is 3. The second-order valence-corrected chi connectivity index (χ2v) is 8.39. The molecule has 0 amide bonds. The molecular weight excluding hydrogens is 418 g/mol. The van der Waals surface area contributed by atoms with Gasteiger partial charge in [0.15, 0.2) is 0 Å². The third-order valence-electron chi connectivity index (χ3n) is 6.04. The monoisotopic (exact) mass is 443 g/mol. The number of anilines is 3. The van der Waals surface area contributed by atoms with Gasteiger partial charge in [-0.25, -0.2) is 19.9 Å². The highest BCUT2D eigenvalue weighted by molar-refractivity contribution is 5.72. The fraction of sp³-hybridized carbons (Fsp3) is 0.250. The van der Waals surface area contributed by atoms with E-state index in [4.69, 9.17) is 4.74 Å². The van der Waals surface area contributed by atoms with Crippen LogP contribution in [0.25, 0.3) is 22.5 Å². The zero-order chi connectivity index (χ0) is 23.0. The largest absolute Gasteiger partial charge is 0.495 e. The molecular formula is C24H25N7O2. The van der Waals surface area contributed by atoms with Crippen molar-refractivity contribution in [3.63, 3.8) is 0 Å². The number of benzene rings is 1. The summed E-state index contributed by atoms with van der Waals surface area (Å²) < 4.78 is 7.56. The zero-order valence-electron chi connectivity index (χ0n) is 18.7. The standard InChI is InChI=1S/C24H25N7O2/c1-24(13-32)12-28-22-17(24)8-16(10-27-22)18-6-7-26-23(29-18)30-19-5-4-15(9-21(19)33-3)20-11-25-14-31(20)2/h4-11,14,32H,12-13H2,1-3H3,(H,27,28)(H,26,29,30). The summed E-state index contributed by atoms with van der Waals surface area (Å²) in [4.78, 5) is 17.8. The van der Waals surface area contributed by atoms with E-state index in [0.717, 1.165) is 39.6 Å². The third kappa shape index (κ3) is 3.76. The lowest BCUT2D eigenvalue weighted by atomic mass is 9.85. The summed E-state index contributed by atoms with van der Waals surface area (Å²) >= 11 is 0. The van der Waals surface area contributed by atoms with Crippen molar-refractivity contribution in [1.82, 2.24) is 24.5 Å². The molecule has 33 heavy (non-hydrogen) atoms. The fourth-order valence-electron chi connectivity index (χ4n) is 4.01. The zero-order valence-corrected chi connectivity index (χ0v) is 18.7. The summed E-state index contributed by atoms with van der Waals surface area (Å²) in [7, 11) is 3.58. The number of methoxy groups -OCH3 is 1. The van der Waals surface area contributed by atoms with Crippen LogP contribution >= 0.6 is 0 Å². The Kier molecular flexibility index (Phi) is 5.18. The Bertz CT molecular complexity index is 1320. The van der Waals surface area contributed by atoms with Gasteiger partial charge in [-0.15, -0.1) is 0 Å². The Labute approximate surface area is 191 Å². The molecule has 0 saturated heterocycles. The van der Waals surface area contributed by atoms with Crippen LogP contribution in [0.2, 0.25) is 0 Å².